The molecule has 0 bridgehead atoms. The highest BCUT2D eigenvalue weighted by molar-refractivity contribution is 5.54. The molecule has 0 unspecified atom stereocenters. The number of anilines is 1. The third kappa shape index (κ3) is 3.43. The molecule has 0 aliphatic carbocycles. The highest BCUT2D eigenvalue weighted by Crippen LogP contribution is 2.21. The van der Waals surface area contributed by atoms with Crippen LogP contribution in [0.25, 0.3) is 0 Å². The Labute approximate surface area is 127 Å². The Bertz CT molecular complexity index is 560. The number of rotatable bonds is 4. The van der Waals surface area contributed by atoms with Gasteiger partial charge in [0.25, 0.3) is 0 Å². The van der Waals surface area contributed by atoms with Gasteiger partial charge in [0.1, 0.15) is 0 Å². The van der Waals surface area contributed by atoms with Gasteiger partial charge in [0.15, 0.2) is 0 Å². The molecule has 2 N–H and O–H groups in total. The number of hydrogen-bond donors (Lipinski definition) is 1. The summed E-state index contributed by atoms with van der Waals surface area (Å²) in [5, 5.41) is 0. The average Bonchev–Trinajstić information content (AvgIpc) is 2.56. The summed E-state index contributed by atoms with van der Waals surface area (Å²) in [6.07, 6.45) is 0. The Morgan fingerprint density at radius 1 is 0.810 bits per heavy atom. The van der Waals surface area contributed by atoms with Crippen LogP contribution in [0.4, 0.5) is 5.69 Å². The van der Waals surface area contributed by atoms with Gasteiger partial charge in [0.2, 0.25) is 0 Å². The highest BCUT2D eigenvalue weighted by atomic mass is 15.3. The minimum Gasteiger partial charge on any atom is -0.369 e. The summed E-state index contributed by atoms with van der Waals surface area (Å²) < 4.78 is 0. The number of piperazine rings is 1. The van der Waals surface area contributed by atoms with Crippen LogP contribution in [-0.4, -0.2) is 31.1 Å². The number of benzene rings is 2. The summed E-state index contributed by atoms with van der Waals surface area (Å²) in [7, 11) is 0. The smallest absolute Gasteiger partial charge is 0.0412 e. The fourth-order valence-corrected chi connectivity index (χ4v) is 2.98. The highest BCUT2D eigenvalue weighted by Gasteiger charge is 2.18. The lowest BCUT2D eigenvalue weighted by molar-refractivity contribution is 0.250. The average molecular weight is 281 g/mol. The summed E-state index contributed by atoms with van der Waals surface area (Å²) in [4.78, 5) is 4.99. The molecule has 3 nitrogen and oxygen atoms in total. The minimum absolute atomic E-state index is 0.612. The van der Waals surface area contributed by atoms with Crippen LogP contribution in [0.3, 0.4) is 0 Å². The molecule has 2 aromatic carbocycles. The lowest BCUT2D eigenvalue weighted by Gasteiger charge is -2.37. The Balaban J connectivity index is 1.60. The summed E-state index contributed by atoms with van der Waals surface area (Å²) in [5.41, 5.74) is 9.80. The van der Waals surface area contributed by atoms with Gasteiger partial charge in [-0.05, 0) is 17.2 Å². The van der Waals surface area contributed by atoms with Crippen molar-refractivity contribution in [3.05, 3.63) is 65.7 Å². The summed E-state index contributed by atoms with van der Waals surface area (Å²) in [6, 6.07) is 19.2. The normalized spacial score (nSPS) is 16.1. The SMILES string of the molecule is NCc1ccccc1N1CCN(Cc2ccccc2)CC1. The van der Waals surface area contributed by atoms with Crippen molar-refractivity contribution in [3.63, 3.8) is 0 Å². The summed E-state index contributed by atoms with van der Waals surface area (Å²) in [5.74, 6) is 0. The van der Waals surface area contributed by atoms with Crippen LogP contribution >= 0.6 is 0 Å². The third-order valence-corrected chi connectivity index (χ3v) is 4.17. The van der Waals surface area contributed by atoms with Gasteiger partial charge < -0.3 is 10.6 Å². The Kier molecular flexibility index (Phi) is 4.53. The van der Waals surface area contributed by atoms with E-state index in [1.807, 2.05) is 0 Å². The number of nitrogens with two attached hydrogens (primary N) is 1. The van der Waals surface area contributed by atoms with Gasteiger partial charge in [-0.1, -0.05) is 48.5 Å². The van der Waals surface area contributed by atoms with Crippen LogP contribution in [0.15, 0.2) is 54.6 Å². The fourth-order valence-electron chi connectivity index (χ4n) is 2.98. The molecule has 0 radical (unpaired) electrons. The minimum atomic E-state index is 0.612. The van der Waals surface area contributed by atoms with Crippen LogP contribution < -0.4 is 10.6 Å². The molecule has 1 saturated heterocycles. The van der Waals surface area contributed by atoms with Crippen LogP contribution in [0.5, 0.6) is 0 Å². The van der Waals surface area contributed by atoms with Crippen molar-refractivity contribution >= 4 is 5.69 Å². The van der Waals surface area contributed by atoms with E-state index in [0.29, 0.717) is 6.54 Å². The van der Waals surface area contributed by atoms with Crippen LogP contribution in [0.1, 0.15) is 11.1 Å². The molecular weight excluding hydrogens is 258 g/mol. The summed E-state index contributed by atoms with van der Waals surface area (Å²) >= 11 is 0. The molecule has 0 spiro atoms. The first-order valence-corrected chi connectivity index (χ1v) is 7.66. The van der Waals surface area contributed by atoms with Crippen molar-refractivity contribution in [3.8, 4) is 0 Å². The molecule has 0 amide bonds. The molecule has 3 rings (SSSR count). The Morgan fingerprint density at radius 3 is 2.19 bits per heavy atom. The lowest BCUT2D eigenvalue weighted by atomic mass is 10.1. The van der Waals surface area contributed by atoms with E-state index in [1.54, 1.807) is 0 Å². The third-order valence-electron chi connectivity index (χ3n) is 4.17. The molecule has 110 valence electrons. The second-order valence-electron chi connectivity index (χ2n) is 5.58. The zero-order valence-electron chi connectivity index (χ0n) is 12.4. The van der Waals surface area contributed by atoms with Crippen molar-refractivity contribution in [1.82, 2.24) is 4.90 Å². The summed E-state index contributed by atoms with van der Waals surface area (Å²) in [6.45, 7) is 6.02. The van der Waals surface area contributed by atoms with Crippen LogP contribution in [0, 0.1) is 0 Å². The second kappa shape index (κ2) is 6.74. The number of hydrogen-bond acceptors (Lipinski definition) is 3. The molecule has 0 atom stereocenters. The standard InChI is InChI=1S/C18H23N3/c19-14-17-8-4-5-9-18(17)21-12-10-20(11-13-21)15-16-6-2-1-3-7-16/h1-9H,10-15,19H2. The largest absolute Gasteiger partial charge is 0.369 e. The molecule has 2 aromatic rings. The van der Waals surface area contributed by atoms with Gasteiger partial charge >= 0.3 is 0 Å². The van der Waals surface area contributed by atoms with Crippen molar-refractivity contribution in [2.75, 3.05) is 31.1 Å². The van der Waals surface area contributed by atoms with Gasteiger partial charge in [-0.15, -0.1) is 0 Å². The predicted molar refractivity (Wildman–Crippen MR) is 88.3 cm³/mol. The van der Waals surface area contributed by atoms with E-state index in [-0.39, 0.29) is 0 Å². The number of para-hydroxylation sites is 1. The maximum Gasteiger partial charge on any atom is 0.0412 e. The zero-order valence-corrected chi connectivity index (χ0v) is 12.4. The van der Waals surface area contributed by atoms with Gasteiger partial charge in [-0.25, -0.2) is 0 Å². The van der Waals surface area contributed by atoms with E-state index in [1.165, 1.54) is 16.8 Å². The topological polar surface area (TPSA) is 32.5 Å². The first-order chi connectivity index (χ1) is 10.4. The Morgan fingerprint density at radius 2 is 1.48 bits per heavy atom. The monoisotopic (exact) mass is 281 g/mol. The molecule has 21 heavy (non-hydrogen) atoms. The van der Waals surface area contributed by atoms with Gasteiger partial charge in [0, 0.05) is 45.0 Å². The van der Waals surface area contributed by atoms with E-state index in [4.69, 9.17) is 5.73 Å². The molecule has 3 heteroatoms. The molecular formula is C18H23N3. The fraction of sp³-hybridized carbons (Fsp3) is 0.333. The zero-order chi connectivity index (χ0) is 14.5. The van der Waals surface area contributed by atoms with E-state index in [0.717, 1.165) is 32.7 Å². The van der Waals surface area contributed by atoms with E-state index in [9.17, 15) is 0 Å². The molecule has 0 saturated carbocycles. The van der Waals surface area contributed by atoms with Crippen molar-refractivity contribution < 1.29 is 0 Å². The van der Waals surface area contributed by atoms with Crippen LogP contribution in [0.2, 0.25) is 0 Å². The van der Waals surface area contributed by atoms with Crippen LogP contribution in [-0.2, 0) is 13.1 Å². The molecule has 1 aliphatic rings. The molecule has 1 heterocycles. The van der Waals surface area contributed by atoms with E-state index in [2.05, 4.69) is 64.4 Å². The first kappa shape index (κ1) is 14.1. The lowest BCUT2D eigenvalue weighted by Crippen LogP contribution is -2.46. The second-order valence-corrected chi connectivity index (χ2v) is 5.58. The van der Waals surface area contributed by atoms with Gasteiger partial charge in [-0.2, -0.15) is 0 Å². The maximum absolute atomic E-state index is 5.85. The van der Waals surface area contributed by atoms with Gasteiger partial charge in [0.05, 0.1) is 0 Å². The molecule has 1 fully saturated rings. The van der Waals surface area contributed by atoms with Crippen molar-refractivity contribution in [2.24, 2.45) is 5.73 Å². The first-order valence-electron chi connectivity index (χ1n) is 7.66. The van der Waals surface area contributed by atoms with Gasteiger partial charge in [-0.3, -0.25) is 4.90 Å². The van der Waals surface area contributed by atoms with E-state index < -0.39 is 0 Å². The Hall–Kier alpha value is -1.84. The number of nitrogens with zero attached hydrogens (tertiary/aromatic N) is 2. The molecule has 1 aliphatic heterocycles. The van der Waals surface area contributed by atoms with E-state index >= 15 is 0 Å². The van der Waals surface area contributed by atoms with Crippen molar-refractivity contribution in [1.29, 1.82) is 0 Å². The van der Waals surface area contributed by atoms with Crippen molar-refractivity contribution in [2.45, 2.75) is 13.1 Å². The molecule has 0 aromatic heterocycles. The quantitative estimate of drug-likeness (QED) is 0.934. The maximum atomic E-state index is 5.85. The predicted octanol–water partition coefficient (Wildman–Crippen LogP) is 2.47.